The molecule has 0 spiro atoms. The Bertz CT molecular complexity index is 2340. The highest BCUT2D eigenvalue weighted by atomic mass is 28.4. The van der Waals surface area contributed by atoms with Crippen LogP contribution in [0.3, 0.4) is 0 Å². The van der Waals surface area contributed by atoms with Gasteiger partial charge in [0.05, 0.1) is 18.2 Å². The number of amides is 1. The third kappa shape index (κ3) is 15.2. The van der Waals surface area contributed by atoms with Crippen LogP contribution in [-0.2, 0) is 56.2 Å². The molecule has 0 aliphatic rings. The minimum atomic E-state index is -2.20. The van der Waals surface area contributed by atoms with Gasteiger partial charge in [-0.3, -0.25) is 9.59 Å². The molecule has 0 unspecified atom stereocenters. The highest BCUT2D eigenvalue weighted by molar-refractivity contribution is 6.74. The Labute approximate surface area is 400 Å². The molecule has 358 valence electrons. The van der Waals surface area contributed by atoms with E-state index in [1.54, 1.807) is 28.1 Å². The first-order chi connectivity index (χ1) is 32.0. The highest BCUT2D eigenvalue weighted by Crippen LogP contribution is 2.38. The van der Waals surface area contributed by atoms with Gasteiger partial charge in [-0.05, 0) is 122 Å². The van der Waals surface area contributed by atoms with Crippen molar-refractivity contribution in [3.8, 4) is 22.6 Å². The van der Waals surface area contributed by atoms with Crippen molar-refractivity contribution in [1.29, 1.82) is 0 Å². The van der Waals surface area contributed by atoms with Crippen LogP contribution in [0, 0.1) is 0 Å². The molecule has 67 heavy (non-hydrogen) atoms. The lowest BCUT2D eigenvalue weighted by molar-refractivity contribution is -0.156. The maximum Gasteiger partial charge on any atom is 0.329 e. The Morgan fingerprint density at radius 1 is 0.642 bits per heavy atom. The summed E-state index contributed by atoms with van der Waals surface area (Å²) in [6, 6.07) is 39.2. The molecule has 0 saturated heterocycles. The molecule has 0 radical (unpaired) electrons. The Morgan fingerprint density at radius 3 is 1.54 bits per heavy atom. The standard InChI is InChI=1S/C55H72N4O7Si/c1-39(60)48(57-6)32-45-30-43(26-28-51(45)63-36-40-20-14-11-15-21-40)44-27-29-52(64-37-41-22-16-12-17-23-41)46(31-44)33-50(54(62)65-38-42-24-18-13-19-25-42)59(8)53(61)49(58-7)34-47(35-56-5)66-67(9,10)55(2,3)4/h11-31,47-50,56-58H,32-38H2,1-10H3/t47-,48+,49+,50+/m1/s1. The van der Waals surface area contributed by atoms with E-state index in [0.717, 1.165) is 33.4 Å². The number of likely N-dealkylation sites (N-methyl/N-ethyl adjacent to an activating group) is 4. The first kappa shape index (κ1) is 52.3. The van der Waals surface area contributed by atoms with E-state index in [0.29, 0.717) is 49.7 Å². The molecule has 4 atom stereocenters. The van der Waals surface area contributed by atoms with E-state index in [1.165, 1.54) is 4.90 Å². The van der Waals surface area contributed by atoms with Crippen LogP contribution in [0.25, 0.3) is 11.1 Å². The summed E-state index contributed by atoms with van der Waals surface area (Å²) in [6.07, 6.45) is 0.658. The normalized spacial score (nSPS) is 13.5. The van der Waals surface area contributed by atoms with Crippen molar-refractivity contribution in [2.45, 2.75) is 109 Å². The molecule has 11 nitrogen and oxygen atoms in total. The van der Waals surface area contributed by atoms with Gasteiger partial charge in [0.2, 0.25) is 5.91 Å². The summed E-state index contributed by atoms with van der Waals surface area (Å²) in [5.41, 5.74) is 6.18. The third-order valence-corrected chi connectivity index (χ3v) is 17.3. The third-order valence-electron chi connectivity index (χ3n) is 12.8. The highest BCUT2D eigenvalue weighted by Gasteiger charge is 2.41. The number of ether oxygens (including phenoxy) is 3. The minimum absolute atomic E-state index is 0.0224. The fraction of sp³-hybridized carbons (Fsp3) is 0.400. The molecule has 1 amide bonds. The first-order valence-corrected chi connectivity index (χ1v) is 26.2. The van der Waals surface area contributed by atoms with Gasteiger partial charge in [0, 0.05) is 20.0 Å². The van der Waals surface area contributed by atoms with Gasteiger partial charge in [-0.1, -0.05) is 124 Å². The topological polar surface area (TPSA) is 127 Å². The zero-order valence-corrected chi connectivity index (χ0v) is 42.2. The molecule has 3 N–H and O–H groups in total. The van der Waals surface area contributed by atoms with Crippen molar-refractivity contribution < 1.29 is 33.0 Å². The van der Waals surface area contributed by atoms with Crippen LogP contribution >= 0.6 is 0 Å². The second kappa shape index (κ2) is 24.9. The van der Waals surface area contributed by atoms with E-state index in [1.807, 2.05) is 128 Å². The van der Waals surface area contributed by atoms with Gasteiger partial charge < -0.3 is 39.5 Å². The van der Waals surface area contributed by atoms with Gasteiger partial charge in [0.1, 0.15) is 43.1 Å². The summed E-state index contributed by atoms with van der Waals surface area (Å²) < 4.78 is 25.8. The van der Waals surface area contributed by atoms with Crippen molar-refractivity contribution in [2.75, 3.05) is 34.7 Å². The van der Waals surface area contributed by atoms with Gasteiger partial charge in [-0.2, -0.15) is 0 Å². The van der Waals surface area contributed by atoms with E-state index in [4.69, 9.17) is 18.6 Å². The number of esters is 1. The van der Waals surface area contributed by atoms with Gasteiger partial charge in [-0.15, -0.1) is 0 Å². The smallest absolute Gasteiger partial charge is 0.329 e. The Kier molecular flexibility index (Phi) is 19.5. The number of Topliss-reactive ketones (excluding diaryl/α,β-unsaturated/α-hetero) is 1. The van der Waals surface area contributed by atoms with Crippen LogP contribution < -0.4 is 25.4 Å². The number of carbonyl (C=O) groups is 3. The Morgan fingerprint density at radius 2 is 1.10 bits per heavy atom. The fourth-order valence-electron chi connectivity index (χ4n) is 7.67. The van der Waals surface area contributed by atoms with E-state index in [9.17, 15) is 14.4 Å². The van der Waals surface area contributed by atoms with Crippen LogP contribution in [0.15, 0.2) is 127 Å². The Hall–Kier alpha value is -5.63. The molecule has 0 saturated carbocycles. The molecule has 5 aromatic carbocycles. The van der Waals surface area contributed by atoms with Crippen LogP contribution in [0.2, 0.25) is 18.1 Å². The molecule has 0 bridgehead atoms. The summed E-state index contributed by atoms with van der Waals surface area (Å²) in [5.74, 6) is 0.486. The summed E-state index contributed by atoms with van der Waals surface area (Å²) in [7, 11) is 4.91. The van der Waals surface area contributed by atoms with Crippen LogP contribution in [0.4, 0.5) is 0 Å². The quantitative estimate of drug-likeness (QED) is 0.0386. The number of ketones is 1. The molecule has 0 fully saturated rings. The zero-order chi connectivity index (χ0) is 48.6. The van der Waals surface area contributed by atoms with Crippen molar-refractivity contribution in [2.24, 2.45) is 0 Å². The van der Waals surface area contributed by atoms with Crippen LogP contribution in [0.1, 0.15) is 61.9 Å². The average Bonchev–Trinajstić information content (AvgIpc) is 3.32. The number of nitrogens with zero attached hydrogens (tertiary/aromatic N) is 1. The van der Waals surface area contributed by atoms with Crippen molar-refractivity contribution in [3.63, 3.8) is 0 Å². The fourth-order valence-corrected chi connectivity index (χ4v) is 9.03. The van der Waals surface area contributed by atoms with E-state index in [-0.39, 0.29) is 35.9 Å². The maximum absolute atomic E-state index is 14.8. The molecule has 0 aromatic heterocycles. The minimum Gasteiger partial charge on any atom is -0.489 e. The predicted octanol–water partition coefficient (Wildman–Crippen LogP) is 8.93. The number of nitrogens with one attached hydrogen (secondary N) is 3. The zero-order valence-electron chi connectivity index (χ0n) is 41.2. The number of carbonyl (C=O) groups excluding carboxylic acids is 3. The van der Waals surface area contributed by atoms with Gasteiger partial charge in [0.15, 0.2) is 8.32 Å². The molecular formula is C55H72N4O7Si. The number of benzene rings is 5. The summed E-state index contributed by atoms with van der Waals surface area (Å²) >= 11 is 0. The van der Waals surface area contributed by atoms with Crippen molar-refractivity contribution >= 4 is 26.0 Å². The molecule has 5 aromatic rings. The first-order valence-electron chi connectivity index (χ1n) is 23.3. The number of hydrogen-bond acceptors (Lipinski definition) is 10. The Balaban J connectivity index is 1.55. The van der Waals surface area contributed by atoms with Gasteiger partial charge >= 0.3 is 5.97 Å². The monoisotopic (exact) mass is 929 g/mol. The SMILES string of the molecule is CNC[C@@H](C[C@H](NC)C(=O)N(C)[C@@H](Cc1cc(-c2ccc(OCc3ccccc3)c(C[C@H](NC)C(C)=O)c2)ccc1OCc1ccccc1)C(=O)OCc1ccccc1)O[Si](C)(C)C(C)(C)C. The molecule has 12 heteroatoms. The molecule has 0 heterocycles. The lowest BCUT2D eigenvalue weighted by Crippen LogP contribution is -2.54. The van der Waals surface area contributed by atoms with Gasteiger partial charge in [0.25, 0.3) is 0 Å². The number of hydrogen-bond donors (Lipinski definition) is 3. The van der Waals surface area contributed by atoms with E-state index in [2.05, 4.69) is 55.9 Å². The van der Waals surface area contributed by atoms with Crippen LogP contribution in [-0.4, -0.2) is 89.8 Å². The largest absolute Gasteiger partial charge is 0.489 e. The molecule has 0 aliphatic heterocycles. The second-order valence-corrected chi connectivity index (χ2v) is 23.5. The maximum atomic E-state index is 14.8. The van der Waals surface area contributed by atoms with Gasteiger partial charge in [-0.25, -0.2) is 4.79 Å². The van der Waals surface area contributed by atoms with Crippen molar-refractivity contribution in [3.05, 3.63) is 155 Å². The van der Waals surface area contributed by atoms with E-state index >= 15 is 0 Å². The molecular weight excluding hydrogens is 857 g/mol. The summed E-state index contributed by atoms with van der Waals surface area (Å²) in [4.78, 5) is 43.5. The summed E-state index contributed by atoms with van der Waals surface area (Å²) in [5, 5.41) is 9.64. The van der Waals surface area contributed by atoms with E-state index < -0.39 is 32.4 Å². The lowest BCUT2D eigenvalue weighted by Gasteiger charge is -2.40. The lowest BCUT2D eigenvalue weighted by atomic mass is 9.94. The summed E-state index contributed by atoms with van der Waals surface area (Å²) in [6.45, 7) is 13.9. The second-order valence-electron chi connectivity index (χ2n) is 18.7. The molecule has 0 aliphatic carbocycles. The average molecular weight is 929 g/mol. The van der Waals surface area contributed by atoms with Crippen LogP contribution in [0.5, 0.6) is 11.5 Å². The predicted molar refractivity (Wildman–Crippen MR) is 271 cm³/mol. The molecule has 5 rings (SSSR count). The van der Waals surface area contributed by atoms with Crippen molar-refractivity contribution in [1.82, 2.24) is 20.9 Å². The number of rotatable bonds is 25.